The summed E-state index contributed by atoms with van der Waals surface area (Å²) in [5.41, 5.74) is 0.613. The fourth-order valence-electron chi connectivity index (χ4n) is 1.13. The van der Waals surface area contributed by atoms with Gasteiger partial charge in [0.25, 0.3) is 0 Å². The summed E-state index contributed by atoms with van der Waals surface area (Å²) >= 11 is 5.75. The quantitative estimate of drug-likeness (QED) is 0.672. The van der Waals surface area contributed by atoms with Crippen molar-refractivity contribution in [3.8, 4) is 5.75 Å². The lowest BCUT2D eigenvalue weighted by Crippen LogP contribution is -2.26. The summed E-state index contributed by atoms with van der Waals surface area (Å²) in [7, 11) is -3.45. The summed E-state index contributed by atoms with van der Waals surface area (Å²) in [6.45, 7) is 0.562. The van der Waals surface area contributed by atoms with Gasteiger partial charge in [-0.3, -0.25) is 0 Å². The van der Waals surface area contributed by atoms with Crippen LogP contribution in [-0.2, 0) is 16.6 Å². The molecule has 0 heterocycles. The zero-order valence-electron chi connectivity index (χ0n) is 8.48. The number of primary sulfonamides is 1. The summed E-state index contributed by atoms with van der Waals surface area (Å²) in [6, 6.07) is 4.67. The normalized spacial score (nSPS) is 11.6. The first-order valence-electron chi connectivity index (χ1n) is 4.57. The average Bonchev–Trinajstić information content (AvgIpc) is 2.16. The van der Waals surface area contributed by atoms with E-state index in [1.54, 1.807) is 12.1 Å². The molecule has 16 heavy (non-hydrogen) atoms. The number of rotatable bonds is 5. The maximum absolute atomic E-state index is 10.6. The van der Waals surface area contributed by atoms with Gasteiger partial charge in [-0.15, -0.1) is 0 Å². The van der Waals surface area contributed by atoms with Gasteiger partial charge in [-0.05, 0) is 18.2 Å². The van der Waals surface area contributed by atoms with E-state index in [1.807, 2.05) is 0 Å². The molecule has 0 atom stereocenters. The highest BCUT2D eigenvalue weighted by Gasteiger charge is 2.04. The maximum atomic E-state index is 10.6. The van der Waals surface area contributed by atoms with E-state index in [0.717, 1.165) is 0 Å². The molecule has 0 aliphatic carbocycles. The number of hydrogen-bond donors (Lipinski definition) is 3. The Morgan fingerprint density at radius 1 is 1.44 bits per heavy atom. The molecular formula is C9H13ClN2O3S. The predicted molar refractivity (Wildman–Crippen MR) is 62.8 cm³/mol. The number of phenols is 1. The van der Waals surface area contributed by atoms with E-state index in [0.29, 0.717) is 17.1 Å². The van der Waals surface area contributed by atoms with E-state index in [9.17, 15) is 13.5 Å². The van der Waals surface area contributed by atoms with Crippen LogP contribution in [0, 0.1) is 0 Å². The molecule has 1 aromatic rings. The molecule has 0 bridgehead atoms. The van der Waals surface area contributed by atoms with Crippen LogP contribution in [0.15, 0.2) is 18.2 Å². The highest BCUT2D eigenvalue weighted by molar-refractivity contribution is 7.89. The molecule has 0 aromatic heterocycles. The molecule has 0 fully saturated rings. The Hall–Kier alpha value is -0.820. The third kappa shape index (κ3) is 4.80. The van der Waals surface area contributed by atoms with Gasteiger partial charge in [0.1, 0.15) is 5.75 Å². The monoisotopic (exact) mass is 264 g/mol. The van der Waals surface area contributed by atoms with E-state index >= 15 is 0 Å². The lowest BCUT2D eigenvalue weighted by atomic mass is 10.2. The Balaban J connectivity index is 2.46. The van der Waals surface area contributed by atoms with Gasteiger partial charge >= 0.3 is 0 Å². The first-order chi connectivity index (χ1) is 7.38. The van der Waals surface area contributed by atoms with E-state index < -0.39 is 10.0 Å². The largest absolute Gasteiger partial charge is 0.508 e. The van der Waals surface area contributed by atoms with E-state index in [1.165, 1.54) is 6.07 Å². The molecule has 7 heteroatoms. The number of aromatic hydroxyl groups is 1. The second kappa shape index (κ2) is 5.49. The predicted octanol–water partition coefficient (Wildman–Crippen LogP) is 0.424. The van der Waals surface area contributed by atoms with Crippen LogP contribution in [0.1, 0.15) is 5.56 Å². The molecule has 0 saturated heterocycles. The van der Waals surface area contributed by atoms with Crippen molar-refractivity contribution in [1.82, 2.24) is 5.32 Å². The van der Waals surface area contributed by atoms with E-state index in [4.69, 9.17) is 16.7 Å². The minimum atomic E-state index is -3.45. The lowest BCUT2D eigenvalue weighted by Gasteiger charge is -2.06. The molecule has 0 saturated carbocycles. The minimum Gasteiger partial charge on any atom is -0.508 e. The Labute approximate surface area is 99.3 Å². The summed E-state index contributed by atoms with van der Waals surface area (Å²) in [6.07, 6.45) is 0. The third-order valence-electron chi connectivity index (χ3n) is 1.92. The first kappa shape index (κ1) is 13.2. The van der Waals surface area contributed by atoms with Crippen molar-refractivity contribution in [3.05, 3.63) is 28.8 Å². The van der Waals surface area contributed by atoms with Gasteiger partial charge in [-0.25, -0.2) is 13.6 Å². The lowest BCUT2D eigenvalue weighted by molar-refractivity contribution is 0.465. The van der Waals surface area contributed by atoms with Crippen molar-refractivity contribution in [1.29, 1.82) is 0 Å². The van der Waals surface area contributed by atoms with E-state index in [-0.39, 0.29) is 18.0 Å². The number of phenolic OH excluding ortho intramolecular Hbond substituents is 1. The molecule has 0 amide bonds. The van der Waals surface area contributed by atoms with Gasteiger partial charge < -0.3 is 10.4 Å². The van der Waals surface area contributed by atoms with Crippen LogP contribution in [-0.4, -0.2) is 25.8 Å². The Bertz CT molecular complexity index is 462. The number of nitrogens with two attached hydrogens (primary N) is 1. The smallest absolute Gasteiger partial charge is 0.210 e. The number of nitrogens with one attached hydrogen (secondary N) is 1. The number of halogens is 1. The number of sulfonamides is 1. The zero-order valence-corrected chi connectivity index (χ0v) is 10.1. The maximum Gasteiger partial charge on any atom is 0.210 e. The molecule has 0 aliphatic rings. The van der Waals surface area contributed by atoms with Crippen molar-refractivity contribution in [2.45, 2.75) is 6.54 Å². The molecular weight excluding hydrogens is 252 g/mol. The standard InChI is InChI=1S/C9H13ClN2O3S/c10-8-1-2-9(13)7(5-8)6-12-3-4-16(11,14)15/h1-2,5,12-13H,3-4,6H2,(H2,11,14,15). The van der Waals surface area contributed by atoms with Crippen LogP contribution < -0.4 is 10.5 Å². The molecule has 0 aliphatic heterocycles. The first-order valence-corrected chi connectivity index (χ1v) is 6.66. The Kier molecular flexibility index (Phi) is 4.55. The van der Waals surface area contributed by atoms with Crippen LogP contribution in [0.4, 0.5) is 0 Å². The third-order valence-corrected chi connectivity index (χ3v) is 2.93. The van der Waals surface area contributed by atoms with Crippen LogP contribution in [0.2, 0.25) is 5.02 Å². The van der Waals surface area contributed by atoms with Crippen LogP contribution in [0.3, 0.4) is 0 Å². The SMILES string of the molecule is NS(=O)(=O)CCNCc1cc(Cl)ccc1O. The summed E-state index contributed by atoms with van der Waals surface area (Å²) < 4.78 is 21.3. The molecule has 0 spiro atoms. The highest BCUT2D eigenvalue weighted by Crippen LogP contribution is 2.20. The van der Waals surface area contributed by atoms with Crippen molar-refractivity contribution in [2.75, 3.05) is 12.3 Å². The molecule has 1 aromatic carbocycles. The van der Waals surface area contributed by atoms with Gasteiger partial charge in [0, 0.05) is 23.7 Å². The van der Waals surface area contributed by atoms with Crippen molar-refractivity contribution < 1.29 is 13.5 Å². The number of hydrogen-bond acceptors (Lipinski definition) is 4. The fourth-order valence-corrected chi connectivity index (χ4v) is 1.76. The molecule has 4 N–H and O–H groups in total. The van der Waals surface area contributed by atoms with Gasteiger partial charge in [0.2, 0.25) is 10.0 Å². The van der Waals surface area contributed by atoms with Crippen LogP contribution in [0.5, 0.6) is 5.75 Å². The topological polar surface area (TPSA) is 92.4 Å². The molecule has 90 valence electrons. The summed E-state index contributed by atoms with van der Waals surface area (Å²) in [4.78, 5) is 0. The van der Waals surface area contributed by atoms with Crippen LogP contribution >= 0.6 is 11.6 Å². The highest BCUT2D eigenvalue weighted by atomic mass is 35.5. The molecule has 0 unspecified atom stereocenters. The van der Waals surface area contributed by atoms with Gasteiger partial charge in [0.15, 0.2) is 0 Å². The van der Waals surface area contributed by atoms with Crippen molar-refractivity contribution in [3.63, 3.8) is 0 Å². The molecule has 0 radical (unpaired) electrons. The van der Waals surface area contributed by atoms with Gasteiger partial charge in [0.05, 0.1) is 5.75 Å². The minimum absolute atomic E-state index is 0.118. The molecule has 5 nitrogen and oxygen atoms in total. The number of benzene rings is 1. The summed E-state index contributed by atoms with van der Waals surface area (Å²) in [5, 5.41) is 17.6. The van der Waals surface area contributed by atoms with Crippen molar-refractivity contribution in [2.24, 2.45) is 5.14 Å². The second-order valence-corrected chi connectivity index (χ2v) is 5.49. The summed E-state index contributed by atoms with van der Waals surface area (Å²) in [5.74, 6) is -0.0265. The average molecular weight is 265 g/mol. The zero-order chi connectivity index (χ0) is 12.2. The fraction of sp³-hybridized carbons (Fsp3) is 0.333. The van der Waals surface area contributed by atoms with E-state index in [2.05, 4.69) is 5.32 Å². The van der Waals surface area contributed by atoms with Gasteiger partial charge in [-0.2, -0.15) is 0 Å². The molecule has 1 rings (SSSR count). The second-order valence-electron chi connectivity index (χ2n) is 3.32. The van der Waals surface area contributed by atoms with Gasteiger partial charge in [-0.1, -0.05) is 11.6 Å². The van der Waals surface area contributed by atoms with Crippen LogP contribution in [0.25, 0.3) is 0 Å². The van der Waals surface area contributed by atoms with Crippen molar-refractivity contribution >= 4 is 21.6 Å². The Morgan fingerprint density at radius 2 is 2.12 bits per heavy atom. The Morgan fingerprint density at radius 3 is 2.75 bits per heavy atom.